The number of hydrogen-bond donors (Lipinski definition) is 1. The molecule has 0 aliphatic carbocycles. The maximum absolute atomic E-state index is 12.8. The molecule has 164 valence electrons. The third-order valence-electron chi connectivity index (χ3n) is 4.66. The predicted octanol–water partition coefficient (Wildman–Crippen LogP) is 5.64. The molecule has 3 aromatic heterocycles. The van der Waals surface area contributed by atoms with E-state index in [2.05, 4.69) is 15.3 Å². The first kappa shape index (κ1) is 21.6. The average molecular weight is 450 g/mol. The fourth-order valence-corrected chi connectivity index (χ4v) is 3.90. The highest BCUT2D eigenvalue weighted by Crippen LogP contribution is 2.31. The van der Waals surface area contributed by atoms with Gasteiger partial charge in [0.25, 0.3) is 5.91 Å². The number of nitrogens with zero attached hydrogens (tertiary/aromatic N) is 2. The van der Waals surface area contributed by atoms with Gasteiger partial charge in [-0.2, -0.15) is 0 Å². The molecule has 0 fully saturated rings. The van der Waals surface area contributed by atoms with Gasteiger partial charge in [0.15, 0.2) is 16.6 Å². The second-order valence-electron chi connectivity index (χ2n) is 7.06. The molecule has 8 heteroatoms. The van der Waals surface area contributed by atoms with E-state index in [0.29, 0.717) is 35.4 Å². The second kappa shape index (κ2) is 9.65. The lowest BCUT2D eigenvalue weighted by Crippen LogP contribution is -2.12. The normalized spacial score (nSPS) is 10.7. The smallest absolute Gasteiger partial charge is 0.257 e. The van der Waals surface area contributed by atoms with Crippen LogP contribution < -0.4 is 14.8 Å². The van der Waals surface area contributed by atoms with Gasteiger partial charge >= 0.3 is 0 Å². The highest BCUT2D eigenvalue weighted by molar-refractivity contribution is 7.14. The molecular weight excluding hydrogens is 426 g/mol. The Morgan fingerprint density at radius 1 is 1.16 bits per heavy atom. The highest BCUT2D eigenvalue weighted by atomic mass is 32.1. The SMILES string of the molecule is CCOc1cc(C(=O)Nc2nc(-c3cc(C)oc3C)cs2)ccc1OCc1cccnc1. The summed E-state index contributed by atoms with van der Waals surface area (Å²) in [5, 5.41) is 5.26. The van der Waals surface area contributed by atoms with E-state index < -0.39 is 0 Å². The summed E-state index contributed by atoms with van der Waals surface area (Å²) in [6.07, 6.45) is 3.46. The van der Waals surface area contributed by atoms with E-state index >= 15 is 0 Å². The van der Waals surface area contributed by atoms with Crippen LogP contribution in [0.25, 0.3) is 11.3 Å². The van der Waals surface area contributed by atoms with Crippen molar-refractivity contribution in [1.82, 2.24) is 9.97 Å². The van der Waals surface area contributed by atoms with E-state index in [-0.39, 0.29) is 5.91 Å². The lowest BCUT2D eigenvalue weighted by atomic mass is 10.2. The van der Waals surface area contributed by atoms with E-state index in [1.807, 2.05) is 44.4 Å². The van der Waals surface area contributed by atoms with Crippen molar-refractivity contribution < 1.29 is 18.7 Å². The van der Waals surface area contributed by atoms with Crippen molar-refractivity contribution in [2.24, 2.45) is 0 Å². The molecule has 7 nitrogen and oxygen atoms in total. The molecule has 0 saturated carbocycles. The molecule has 0 atom stereocenters. The van der Waals surface area contributed by atoms with Gasteiger partial charge in [0.05, 0.1) is 12.3 Å². The van der Waals surface area contributed by atoms with Crippen molar-refractivity contribution in [3.05, 3.63) is 76.8 Å². The van der Waals surface area contributed by atoms with Gasteiger partial charge in [-0.3, -0.25) is 15.1 Å². The number of amides is 1. The van der Waals surface area contributed by atoms with Crippen molar-refractivity contribution in [1.29, 1.82) is 0 Å². The van der Waals surface area contributed by atoms with Crippen molar-refractivity contribution in [2.45, 2.75) is 27.4 Å². The van der Waals surface area contributed by atoms with Gasteiger partial charge in [0.1, 0.15) is 18.1 Å². The number of hydrogen-bond acceptors (Lipinski definition) is 7. The Morgan fingerprint density at radius 2 is 2.03 bits per heavy atom. The van der Waals surface area contributed by atoms with E-state index in [1.165, 1.54) is 11.3 Å². The Balaban J connectivity index is 1.47. The number of thiazole rings is 1. The van der Waals surface area contributed by atoms with Crippen LogP contribution in [0.1, 0.15) is 34.4 Å². The number of aromatic nitrogens is 2. The Morgan fingerprint density at radius 3 is 2.75 bits per heavy atom. The molecular formula is C24H23N3O4S. The number of carbonyl (C=O) groups excluding carboxylic acids is 1. The summed E-state index contributed by atoms with van der Waals surface area (Å²) in [6, 6.07) is 10.8. The second-order valence-corrected chi connectivity index (χ2v) is 7.92. The van der Waals surface area contributed by atoms with Crippen LogP contribution in [0.5, 0.6) is 11.5 Å². The van der Waals surface area contributed by atoms with Gasteiger partial charge in [-0.25, -0.2) is 4.98 Å². The van der Waals surface area contributed by atoms with Crippen LogP contribution >= 0.6 is 11.3 Å². The number of aryl methyl sites for hydroxylation is 2. The number of ether oxygens (including phenoxy) is 2. The number of nitrogens with one attached hydrogen (secondary N) is 1. The summed E-state index contributed by atoms with van der Waals surface area (Å²) in [5.41, 5.74) is 3.09. The van der Waals surface area contributed by atoms with Crippen LogP contribution in [-0.2, 0) is 6.61 Å². The Hall–Kier alpha value is -3.65. The molecule has 1 aromatic carbocycles. The van der Waals surface area contributed by atoms with Crippen molar-refractivity contribution in [2.75, 3.05) is 11.9 Å². The third kappa shape index (κ3) is 4.97. The molecule has 4 aromatic rings. The highest BCUT2D eigenvalue weighted by Gasteiger charge is 2.15. The fourth-order valence-electron chi connectivity index (χ4n) is 3.19. The molecule has 0 spiro atoms. The molecule has 0 unspecified atom stereocenters. The van der Waals surface area contributed by atoms with Crippen molar-refractivity contribution in [3.8, 4) is 22.8 Å². The molecule has 4 rings (SSSR count). The first-order valence-corrected chi connectivity index (χ1v) is 11.0. The van der Waals surface area contributed by atoms with Gasteiger partial charge in [0.2, 0.25) is 0 Å². The summed E-state index contributed by atoms with van der Waals surface area (Å²) in [7, 11) is 0. The van der Waals surface area contributed by atoms with Crippen LogP contribution in [0.3, 0.4) is 0 Å². The number of benzene rings is 1. The molecule has 32 heavy (non-hydrogen) atoms. The largest absolute Gasteiger partial charge is 0.490 e. The summed E-state index contributed by atoms with van der Waals surface area (Å²) in [4.78, 5) is 21.4. The third-order valence-corrected chi connectivity index (χ3v) is 5.42. The summed E-state index contributed by atoms with van der Waals surface area (Å²) < 4.78 is 17.2. The predicted molar refractivity (Wildman–Crippen MR) is 123 cm³/mol. The van der Waals surface area contributed by atoms with Crippen LogP contribution in [-0.4, -0.2) is 22.5 Å². The standard InChI is InChI=1S/C24H23N3O4S/c1-4-29-22-11-18(7-8-21(22)30-13-17-6-5-9-25-12-17)23(28)27-24-26-20(14-32-24)19-10-15(2)31-16(19)3/h5-12,14H,4,13H2,1-3H3,(H,26,27,28). The Kier molecular flexibility index (Phi) is 6.51. The minimum absolute atomic E-state index is 0.272. The molecule has 1 amide bonds. The molecule has 0 saturated heterocycles. The summed E-state index contributed by atoms with van der Waals surface area (Å²) in [5.74, 6) is 2.42. The van der Waals surface area contributed by atoms with E-state index in [9.17, 15) is 4.79 Å². The lowest BCUT2D eigenvalue weighted by molar-refractivity contribution is 0.102. The van der Waals surface area contributed by atoms with Crippen LogP contribution in [0.4, 0.5) is 5.13 Å². The number of furan rings is 1. The lowest BCUT2D eigenvalue weighted by Gasteiger charge is -2.13. The van der Waals surface area contributed by atoms with Gasteiger partial charge < -0.3 is 13.9 Å². The zero-order chi connectivity index (χ0) is 22.5. The molecule has 0 aliphatic heterocycles. The summed E-state index contributed by atoms with van der Waals surface area (Å²) in [6.45, 7) is 6.48. The molecule has 3 heterocycles. The van der Waals surface area contributed by atoms with E-state index in [4.69, 9.17) is 13.9 Å². The van der Waals surface area contributed by atoms with Gasteiger partial charge in [0, 0.05) is 34.5 Å². The van der Waals surface area contributed by atoms with E-state index in [0.717, 1.165) is 28.3 Å². The maximum Gasteiger partial charge on any atom is 0.257 e. The quantitative estimate of drug-likeness (QED) is 0.374. The van der Waals surface area contributed by atoms with Crippen molar-refractivity contribution >= 4 is 22.4 Å². The van der Waals surface area contributed by atoms with Crippen LogP contribution in [0.15, 0.2) is 58.6 Å². The number of rotatable bonds is 8. The number of anilines is 1. The molecule has 1 N–H and O–H groups in total. The maximum atomic E-state index is 12.8. The summed E-state index contributed by atoms with van der Waals surface area (Å²) >= 11 is 1.36. The van der Waals surface area contributed by atoms with Crippen molar-refractivity contribution in [3.63, 3.8) is 0 Å². The van der Waals surface area contributed by atoms with Crippen LogP contribution in [0, 0.1) is 13.8 Å². The Labute approximate surface area is 190 Å². The monoisotopic (exact) mass is 449 g/mol. The van der Waals surface area contributed by atoms with Gasteiger partial charge in [-0.15, -0.1) is 11.3 Å². The first-order valence-electron chi connectivity index (χ1n) is 10.2. The topological polar surface area (TPSA) is 86.5 Å². The molecule has 0 aliphatic rings. The van der Waals surface area contributed by atoms with Gasteiger partial charge in [-0.1, -0.05) is 6.07 Å². The molecule has 0 bridgehead atoms. The zero-order valence-corrected chi connectivity index (χ0v) is 18.9. The minimum Gasteiger partial charge on any atom is -0.490 e. The minimum atomic E-state index is -0.272. The van der Waals surface area contributed by atoms with Gasteiger partial charge in [-0.05, 0) is 51.1 Å². The van der Waals surface area contributed by atoms with E-state index in [1.54, 1.807) is 30.6 Å². The number of pyridine rings is 1. The first-order chi connectivity index (χ1) is 15.5. The number of carbonyl (C=O) groups is 1. The molecule has 0 radical (unpaired) electrons. The average Bonchev–Trinajstić information content (AvgIpc) is 3.39. The zero-order valence-electron chi connectivity index (χ0n) is 18.0. The van der Waals surface area contributed by atoms with Crippen LogP contribution in [0.2, 0.25) is 0 Å². The Bertz CT molecular complexity index is 1220. The fraction of sp³-hybridized carbons (Fsp3) is 0.208.